The molecule has 2 aliphatic rings. The Morgan fingerprint density at radius 2 is 1.84 bits per heavy atom. The van der Waals surface area contributed by atoms with Crippen LogP contribution in [-0.4, -0.2) is 37.2 Å². The monoisotopic (exact) mass is 501 g/mol. The quantitative estimate of drug-likeness (QED) is 0.406. The van der Waals surface area contributed by atoms with E-state index in [0.717, 1.165) is 27.9 Å². The molecule has 0 aliphatic carbocycles. The van der Waals surface area contributed by atoms with Crippen LogP contribution in [-0.2, 0) is 21.5 Å². The fourth-order valence-electron chi connectivity index (χ4n) is 5.70. The molecule has 0 saturated carbocycles. The zero-order valence-corrected chi connectivity index (χ0v) is 21.3. The summed E-state index contributed by atoms with van der Waals surface area (Å²) >= 11 is 0. The minimum atomic E-state index is -1.22. The van der Waals surface area contributed by atoms with Gasteiger partial charge in [0.05, 0.1) is 25.8 Å². The lowest BCUT2D eigenvalue weighted by molar-refractivity contribution is -0.130. The van der Waals surface area contributed by atoms with Crippen molar-refractivity contribution in [1.82, 2.24) is 5.32 Å². The largest absolute Gasteiger partial charge is 0.508 e. The molecule has 8 heteroatoms. The highest BCUT2D eigenvalue weighted by Crippen LogP contribution is 2.49. The van der Waals surface area contributed by atoms with Gasteiger partial charge >= 0.3 is 0 Å². The van der Waals surface area contributed by atoms with E-state index < -0.39 is 11.5 Å². The van der Waals surface area contributed by atoms with Gasteiger partial charge < -0.3 is 25.2 Å². The van der Waals surface area contributed by atoms with Crippen LogP contribution in [0.1, 0.15) is 28.7 Å². The van der Waals surface area contributed by atoms with Gasteiger partial charge in [-0.1, -0.05) is 29.8 Å². The van der Waals surface area contributed by atoms with Gasteiger partial charge in [-0.15, -0.1) is 0 Å². The maximum absolute atomic E-state index is 14.0. The first-order chi connectivity index (χ1) is 17.7. The van der Waals surface area contributed by atoms with Crippen LogP contribution in [0.25, 0.3) is 0 Å². The lowest BCUT2D eigenvalue weighted by atomic mass is 9.78. The van der Waals surface area contributed by atoms with Crippen molar-refractivity contribution in [2.45, 2.75) is 38.3 Å². The van der Waals surface area contributed by atoms with E-state index in [2.05, 4.69) is 16.0 Å². The van der Waals surface area contributed by atoms with E-state index in [1.165, 1.54) is 7.11 Å². The molecule has 3 aromatic carbocycles. The van der Waals surface area contributed by atoms with Crippen LogP contribution in [0.2, 0.25) is 0 Å². The predicted octanol–water partition coefficient (Wildman–Crippen LogP) is 4.03. The topological polar surface area (TPSA) is 109 Å². The summed E-state index contributed by atoms with van der Waals surface area (Å²) in [6.45, 7) is 3.95. The summed E-state index contributed by atoms with van der Waals surface area (Å²) in [5.41, 5.74) is 3.78. The van der Waals surface area contributed by atoms with E-state index in [1.807, 2.05) is 38.1 Å². The Morgan fingerprint density at radius 1 is 1.08 bits per heavy atom. The SMILES string of the molecule is COc1ccc(OC)c(NC(=O)C2CC(Cc3ccc(O)cc3)NC23C(=O)Nc2c(C)cc(C)cc23)c1. The molecule has 37 heavy (non-hydrogen) atoms. The third kappa shape index (κ3) is 4.27. The molecule has 0 aromatic heterocycles. The molecule has 2 heterocycles. The standard InChI is InChI=1S/C29H31N3O5/c1-16-11-17(2)26-22(12-16)29(28(35)31-26)23(14-19(32-29)13-18-5-7-20(33)8-6-18)27(34)30-24-15-21(36-3)9-10-25(24)37-4/h5-12,15,19,23,32-33H,13-14H2,1-4H3,(H,30,34)(H,31,35). The summed E-state index contributed by atoms with van der Waals surface area (Å²) in [4.78, 5) is 27.7. The number of ether oxygens (including phenoxy) is 2. The Hall–Kier alpha value is -4.04. The van der Waals surface area contributed by atoms with Crippen molar-refractivity contribution in [2.24, 2.45) is 5.92 Å². The second kappa shape index (κ2) is 9.44. The van der Waals surface area contributed by atoms with E-state index in [9.17, 15) is 14.7 Å². The number of aryl methyl sites for hydroxylation is 2. The summed E-state index contributed by atoms with van der Waals surface area (Å²) in [5.74, 6) is 0.0669. The molecule has 8 nitrogen and oxygen atoms in total. The number of anilines is 2. The molecule has 4 N–H and O–H groups in total. The average molecular weight is 502 g/mol. The van der Waals surface area contributed by atoms with Crippen molar-refractivity contribution in [2.75, 3.05) is 24.9 Å². The molecule has 3 unspecified atom stereocenters. The Balaban J connectivity index is 1.55. The first-order valence-electron chi connectivity index (χ1n) is 12.3. The molecule has 2 aliphatic heterocycles. The van der Waals surface area contributed by atoms with Gasteiger partial charge in [-0.25, -0.2) is 0 Å². The minimum Gasteiger partial charge on any atom is -0.508 e. The van der Waals surface area contributed by atoms with Crippen molar-refractivity contribution in [1.29, 1.82) is 0 Å². The molecular formula is C29H31N3O5. The first-order valence-corrected chi connectivity index (χ1v) is 12.3. The molecule has 3 atom stereocenters. The summed E-state index contributed by atoms with van der Waals surface area (Å²) in [5, 5.41) is 19.3. The first kappa shape index (κ1) is 24.6. The number of carbonyl (C=O) groups is 2. The summed E-state index contributed by atoms with van der Waals surface area (Å²) in [7, 11) is 3.09. The highest BCUT2D eigenvalue weighted by molar-refractivity contribution is 6.11. The number of aromatic hydroxyl groups is 1. The molecule has 192 valence electrons. The van der Waals surface area contributed by atoms with Gasteiger partial charge in [0.2, 0.25) is 11.8 Å². The highest BCUT2D eigenvalue weighted by atomic mass is 16.5. The fourth-order valence-corrected chi connectivity index (χ4v) is 5.70. The van der Waals surface area contributed by atoms with Gasteiger partial charge in [0.25, 0.3) is 0 Å². The number of phenols is 1. The lowest BCUT2D eigenvalue weighted by Crippen LogP contribution is -2.52. The Bertz CT molecular complexity index is 1370. The number of phenolic OH excluding ortho intramolecular Hbond substituents is 1. The van der Waals surface area contributed by atoms with Crippen LogP contribution in [0, 0.1) is 19.8 Å². The normalized spacial score (nSPS) is 22.0. The third-order valence-electron chi connectivity index (χ3n) is 7.38. The number of nitrogens with one attached hydrogen (secondary N) is 3. The van der Waals surface area contributed by atoms with E-state index in [1.54, 1.807) is 37.4 Å². The molecule has 3 aromatic rings. The van der Waals surface area contributed by atoms with Crippen LogP contribution < -0.4 is 25.4 Å². The molecule has 1 spiro atoms. The average Bonchev–Trinajstić information content (AvgIpc) is 3.39. The smallest absolute Gasteiger partial charge is 0.250 e. The van der Waals surface area contributed by atoms with Crippen molar-refractivity contribution in [3.63, 3.8) is 0 Å². The van der Waals surface area contributed by atoms with Crippen molar-refractivity contribution in [3.05, 3.63) is 76.9 Å². The van der Waals surface area contributed by atoms with Crippen molar-refractivity contribution < 1.29 is 24.2 Å². The number of methoxy groups -OCH3 is 2. The number of rotatable bonds is 6. The van der Waals surface area contributed by atoms with Crippen molar-refractivity contribution in [3.8, 4) is 17.2 Å². The minimum absolute atomic E-state index is 0.148. The lowest BCUT2D eigenvalue weighted by Gasteiger charge is -2.30. The van der Waals surface area contributed by atoms with Crippen LogP contribution in [0.3, 0.4) is 0 Å². The molecule has 0 bridgehead atoms. The maximum atomic E-state index is 14.0. The Morgan fingerprint density at radius 3 is 2.54 bits per heavy atom. The van der Waals surface area contributed by atoms with Crippen LogP contribution in [0.4, 0.5) is 11.4 Å². The second-order valence-electron chi connectivity index (χ2n) is 9.82. The van der Waals surface area contributed by atoms with Gasteiger partial charge in [-0.05, 0) is 62.1 Å². The zero-order valence-electron chi connectivity index (χ0n) is 21.3. The van der Waals surface area contributed by atoms with Gasteiger partial charge in [0.15, 0.2) is 0 Å². The predicted molar refractivity (Wildman–Crippen MR) is 141 cm³/mol. The number of amides is 2. The third-order valence-corrected chi connectivity index (χ3v) is 7.38. The van der Waals surface area contributed by atoms with Crippen LogP contribution in [0.5, 0.6) is 17.2 Å². The van der Waals surface area contributed by atoms with E-state index in [4.69, 9.17) is 9.47 Å². The van der Waals surface area contributed by atoms with E-state index >= 15 is 0 Å². The van der Waals surface area contributed by atoms with E-state index in [0.29, 0.717) is 30.0 Å². The number of fused-ring (bicyclic) bond motifs is 2. The zero-order chi connectivity index (χ0) is 26.3. The summed E-state index contributed by atoms with van der Waals surface area (Å²) in [6.07, 6.45) is 1.04. The van der Waals surface area contributed by atoms with Gasteiger partial charge in [0, 0.05) is 23.4 Å². The summed E-state index contributed by atoms with van der Waals surface area (Å²) < 4.78 is 10.8. The molecular weight excluding hydrogens is 470 g/mol. The number of hydrogen-bond donors (Lipinski definition) is 4. The molecule has 5 rings (SSSR count). The maximum Gasteiger partial charge on any atom is 0.250 e. The Kier molecular flexibility index (Phi) is 6.29. The van der Waals surface area contributed by atoms with E-state index in [-0.39, 0.29) is 23.6 Å². The van der Waals surface area contributed by atoms with Crippen molar-refractivity contribution >= 4 is 23.2 Å². The molecule has 2 amide bonds. The highest BCUT2D eigenvalue weighted by Gasteiger charge is 2.60. The van der Waals surface area contributed by atoms with Crippen LogP contribution >= 0.6 is 0 Å². The molecule has 1 saturated heterocycles. The van der Waals surface area contributed by atoms with Gasteiger partial charge in [0.1, 0.15) is 22.8 Å². The number of benzene rings is 3. The van der Waals surface area contributed by atoms with Crippen LogP contribution in [0.15, 0.2) is 54.6 Å². The summed E-state index contributed by atoms with van der Waals surface area (Å²) in [6, 6.07) is 16.1. The molecule has 1 fully saturated rings. The number of carbonyl (C=O) groups excluding carboxylic acids is 2. The van der Waals surface area contributed by atoms with Gasteiger partial charge in [-0.3, -0.25) is 14.9 Å². The van der Waals surface area contributed by atoms with Gasteiger partial charge in [-0.2, -0.15) is 0 Å². The number of hydrogen-bond acceptors (Lipinski definition) is 6. The fraction of sp³-hybridized carbons (Fsp3) is 0.310. The molecule has 0 radical (unpaired) electrons. The second-order valence-corrected chi connectivity index (χ2v) is 9.82. The Labute approximate surface area is 216 Å².